The average molecular weight is 319 g/mol. The van der Waals surface area contributed by atoms with Gasteiger partial charge in [0.25, 0.3) is 5.91 Å². The van der Waals surface area contributed by atoms with E-state index in [2.05, 4.69) is 10.6 Å². The van der Waals surface area contributed by atoms with E-state index in [9.17, 15) is 9.59 Å². The van der Waals surface area contributed by atoms with Gasteiger partial charge in [0.2, 0.25) is 5.91 Å². The second-order valence-electron chi connectivity index (χ2n) is 6.69. The fraction of sp³-hybridized carbons (Fsp3) is 0.556. The van der Waals surface area contributed by atoms with Crippen LogP contribution >= 0.6 is 0 Å². The van der Waals surface area contributed by atoms with Crippen LogP contribution in [0.15, 0.2) is 30.3 Å². The SMILES string of the molecule is CC(C)C[C@H](NC(=O)c1ccccc1)C(=O)NC(C)CN(C)C. The van der Waals surface area contributed by atoms with Gasteiger partial charge >= 0.3 is 0 Å². The monoisotopic (exact) mass is 319 g/mol. The van der Waals surface area contributed by atoms with E-state index in [0.29, 0.717) is 17.9 Å². The molecule has 1 rings (SSSR count). The molecule has 0 heterocycles. The summed E-state index contributed by atoms with van der Waals surface area (Å²) < 4.78 is 0. The summed E-state index contributed by atoms with van der Waals surface area (Å²) in [5.74, 6) is -0.0324. The Kier molecular flexibility index (Phi) is 7.75. The smallest absolute Gasteiger partial charge is 0.251 e. The van der Waals surface area contributed by atoms with Gasteiger partial charge in [-0.3, -0.25) is 9.59 Å². The quantitative estimate of drug-likeness (QED) is 0.769. The van der Waals surface area contributed by atoms with Gasteiger partial charge in [-0.15, -0.1) is 0 Å². The molecule has 1 aromatic rings. The molecule has 0 bridgehead atoms. The zero-order valence-electron chi connectivity index (χ0n) is 14.8. The minimum atomic E-state index is -0.521. The molecular weight excluding hydrogens is 290 g/mol. The summed E-state index contributed by atoms with van der Waals surface area (Å²) >= 11 is 0. The average Bonchev–Trinajstić information content (AvgIpc) is 2.45. The number of benzene rings is 1. The van der Waals surface area contributed by atoms with Crippen molar-refractivity contribution < 1.29 is 9.59 Å². The van der Waals surface area contributed by atoms with E-state index in [1.54, 1.807) is 12.1 Å². The van der Waals surface area contributed by atoms with Crippen molar-refractivity contribution in [1.82, 2.24) is 15.5 Å². The molecule has 0 aliphatic carbocycles. The van der Waals surface area contributed by atoms with E-state index in [-0.39, 0.29) is 17.9 Å². The Morgan fingerprint density at radius 1 is 1.04 bits per heavy atom. The second kappa shape index (κ2) is 9.30. The molecule has 0 aliphatic rings. The highest BCUT2D eigenvalue weighted by atomic mass is 16.2. The minimum absolute atomic E-state index is 0.0285. The first-order valence-electron chi connectivity index (χ1n) is 8.10. The van der Waals surface area contributed by atoms with Crippen molar-refractivity contribution in [2.45, 2.75) is 39.3 Å². The first-order chi connectivity index (χ1) is 10.8. The Bertz CT molecular complexity index is 500. The number of hydrogen-bond acceptors (Lipinski definition) is 3. The van der Waals surface area contributed by atoms with Crippen LogP contribution in [-0.2, 0) is 4.79 Å². The van der Waals surface area contributed by atoms with E-state index in [4.69, 9.17) is 0 Å². The van der Waals surface area contributed by atoms with Crippen LogP contribution in [0.4, 0.5) is 0 Å². The summed E-state index contributed by atoms with van der Waals surface area (Å²) in [7, 11) is 3.93. The zero-order valence-corrected chi connectivity index (χ0v) is 14.8. The van der Waals surface area contributed by atoms with Gasteiger partial charge in [0.1, 0.15) is 6.04 Å². The molecule has 0 aliphatic heterocycles. The van der Waals surface area contributed by atoms with E-state index >= 15 is 0 Å². The lowest BCUT2D eigenvalue weighted by Crippen LogP contribution is -2.51. The number of likely N-dealkylation sites (N-methyl/N-ethyl adjacent to an activating group) is 1. The number of nitrogens with one attached hydrogen (secondary N) is 2. The van der Waals surface area contributed by atoms with Crippen molar-refractivity contribution in [3.8, 4) is 0 Å². The van der Waals surface area contributed by atoms with Gasteiger partial charge in [0, 0.05) is 18.2 Å². The Morgan fingerprint density at radius 2 is 1.65 bits per heavy atom. The van der Waals surface area contributed by atoms with Crippen LogP contribution in [0.3, 0.4) is 0 Å². The van der Waals surface area contributed by atoms with Crippen molar-refractivity contribution in [1.29, 1.82) is 0 Å². The first-order valence-corrected chi connectivity index (χ1v) is 8.10. The van der Waals surface area contributed by atoms with Crippen molar-refractivity contribution in [3.63, 3.8) is 0 Å². The molecular formula is C18H29N3O2. The van der Waals surface area contributed by atoms with Crippen LogP contribution in [0.2, 0.25) is 0 Å². The topological polar surface area (TPSA) is 61.4 Å². The highest BCUT2D eigenvalue weighted by Crippen LogP contribution is 2.07. The molecule has 128 valence electrons. The van der Waals surface area contributed by atoms with Gasteiger partial charge in [-0.1, -0.05) is 32.0 Å². The zero-order chi connectivity index (χ0) is 17.4. The molecule has 2 amide bonds. The molecule has 5 nitrogen and oxygen atoms in total. The highest BCUT2D eigenvalue weighted by molar-refractivity contribution is 5.97. The second-order valence-corrected chi connectivity index (χ2v) is 6.69. The number of nitrogens with zero attached hydrogens (tertiary/aromatic N) is 1. The maximum absolute atomic E-state index is 12.5. The lowest BCUT2D eigenvalue weighted by molar-refractivity contribution is -0.124. The summed E-state index contributed by atoms with van der Waals surface area (Å²) in [5.41, 5.74) is 0.565. The molecule has 5 heteroatoms. The summed E-state index contributed by atoms with van der Waals surface area (Å²) in [6.07, 6.45) is 0.610. The maximum atomic E-state index is 12.5. The number of hydrogen-bond donors (Lipinski definition) is 2. The predicted octanol–water partition coefficient (Wildman–Crippen LogP) is 1.90. The van der Waals surface area contributed by atoms with Gasteiger partial charge in [0.05, 0.1) is 0 Å². The summed E-state index contributed by atoms with van der Waals surface area (Å²) in [6.45, 7) is 6.80. The normalized spacial score (nSPS) is 13.7. The first kappa shape index (κ1) is 19.2. The fourth-order valence-electron chi connectivity index (χ4n) is 2.47. The van der Waals surface area contributed by atoms with Gasteiger partial charge in [-0.05, 0) is 45.5 Å². The van der Waals surface area contributed by atoms with Crippen LogP contribution in [0.5, 0.6) is 0 Å². The van der Waals surface area contributed by atoms with Crippen LogP contribution in [-0.4, -0.2) is 49.4 Å². The third kappa shape index (κ3) is 7.28. The van der Waals surface area contributed by atoms with Crippen LogP contribution in [0, 0.1) is 5.92 Å². The van der Waals surface area contributed by atoms with E-state index in [1.807, 2.05) is 58.0 Å². The molecule has 0 saturated carbocycles. The molecule has 0 aromatic heterocycles. The molecule has 0 saturated heterocycles. The van der Waals surface area contributed by atoms with E-state index in [0.717, 1.165) is 6.54 Å². The van der Waals surface area contributed by atoms with Crippen molar-refractivity contribution in [2.75, 3.05) is 20.6 Å². The maximum Gasteiger partial charge on any atom is 0.251 e. The number of carbonyl (C=O) groups excluding carboxylic acids is 2. The van der Waals surface area contributed by atoms with Crippen molar-refractivity contribution in [2.24, 2.45) is 5.92 Å². The molecule has 2 atom stereocenters. The third-order valence-corrected chi connectivity index (χ3v) is 3.39. The van der Waals surface area contributed by atoms with E-state index in [1.165, 1.54) is 0 Å². The Balaban J connectivity index is 2.71. The van der Waals surface area contributed by atoms with E-state index < -0.39 is 6.04 Å². The van der Waals surface area contributed by atoms with Crippen molar-refractivity contribution >= 4 is 11.8 Å². The molecule has 2 N–H and O–H groups in total. The Labute approximate surface area is 139 Å². The fourth-order valence-corrected chi connectivity index (χ4v) is 2.47. The third-order valence-electron chi connectivity index (χ3n) is 3.39. The number of amides is 2. The lowest BCUT2D eigenvalue weighted by Gasteiger charge is -2.24. The van der Waals surface area contributed by atoms with Gasteiger partial charge in [-0.25, -0.2) is 0 Å². The molecule has 1 aromatic carbocycles. The minimum Gasteiger partial charge on any atom is -0.351 e. The molecule has 0 spiro atoms. The Morgan fingerprint density at radius 3 is 2.17 bits per heavy atom. The standard InChI is InChI=1S/C18H29N3O2/c1-13(2)11-16(18(23)19-14(3)12-21(4)5)20-17(22)15-9-7-6-8-10-15/h6-10,13-14,16H,11-12H2,1-5H3,(H,19,23)(H,20,22)/t14?,16-/m0/s1. The van der Waals surface area contributed by atoms with Gasteiger partial charge < -0.3 is 15.5 Å². The predicted molar refractivity (Wildman–Crippen MR) is 93.3 cm³/mol. The summed E-state index contributed by atoms with van der Waals surface area (Å²) in [4.78, 5) is 26.8. The van der Waals surface area contributed by atoms with Crippen molar-refractivity contribution in [3.05, 3.63) is 35.9 Å². The Hall–Kier alpha value is -1.88. The van der Waals surface area contributed by atoms with Crippen LogP contribution in [0.1, 0.15) is 37.6 Å². The molecule has 1 unspecified atom stereocenters. The van der Waals surface area contributed by atoms with Crippen LogP contribution < -0.4 is 10.6 Å². The number of carbonyl (C=O) groups is 2. The lowest BCUT2D eigenvalue weighted by atomic mass is 10.0. The summed E-state index contributed by atoms with van der Waals surface area (Å²) in [6, 6.07) is 8.48. The largest absolute Gasteiger partial charge is 0.351 e. The van der Waals surface area contributed by atoms with Crippen LogP contribution in [0.25, 0.3) is 0 Å². The molecule has 0 radical (unpaired) electrons. The summed E-state index contributed by atoms with van der Waals surface area (Å²) in [5, 5.41) is 5.84. The van der Waals surface area contributed by atoms with Gasteiger partial charge in [-0.2, -0.15) is 0 Å². The molecule has 23 heavy (non-hydrogen) atoms. The highest BCUT2D eigenvalue weighted by Gasteiger charge is 2.23. The number of rotatable bonds is 8. The van der Waals surface area contributed by atoms with Gasteiger partial charge in [0.15, 0.2) is 0 Å². The molecule has 0 fully saturated rings.